The topological polar surface area (TPSA) is 15.3 Å². The molecular formula is C11H22N2. The molecule has 0 radical (unpaired) electrons. The molecule has 2 heteroatoms. The Morgan fingerprint density at radius 2 is 1.85 bits per heavy atom. The third kappa shape index (κ3) is 2.44. The van der Waals surface area contributed by atoms with Gasteiger partial charge in [0.25, 0.3) is 0 Å². The summed E-state index contributed by atoms with van der Waals surface area (Å²) in [4.78, 5) is 2.46. The highest BCUT2D eigenvalue weighted by Gasteiger charge is 2.25. The Hall–Kier alpha value is -0.0800. The number of nitrogens with one attached hydrogen (secondary N) is 1. The molecule has 0 aromatic rings. The van der Waals surface area contributed by atoms with E-state index >= 15 is 0 Å². The normalized spacial score (nSPS) is 33.5. The maximum absolute atomic E-state index is 3.69. The monoisotopic (exact) mass is 182 g/mol. The highest BCUT2D eigenvalue weighted by atomic mass is 15.1. The Balaban J connectivity index is 1.79. The average Bonchev–Trinajstić information content (AvgIpc) is 2.20. The fourth-order valence-corrected chi connectivity index (χ4v) is 2.71. The van der Waals surface area contributed by atoms with Crippen LogP contribution >= 0.6 is 0 Å². The zero-order chi connectivity index (χ0) is 9.10. The van der Waals surface area contributed by atoms with E-state index in [-0.39, 0.29) is 0 Å². The molecule has 76 valence electrons. The van der Waals surface area contributed by atoms with Gasteiger partial charge in [0.05, 0.1) is 0 Å². The Morgan fingerprint density at radius 1 is 1.08 bits per heavy atom. The van der Waals surface area contributed by atoms with Gasteiger partial charge in [-0.25, -0.2) is 0 Å². The van der Waals surface area contributed by atoms with Crippen LogP contribution < -0.4 is 5.32 Å². The highest BCUT2D eigenvalue weighted by Crippen LogP contribution is 2.24. The first-order valence-electron chi connectivity index (χ1n) is 5.78. The molecule has 2 aliphatic rings. The van der Waals surface area contributed by atoms with Gasteiger partial charge in [-0.3, -0.25) is 0 Å². The summed E-state index contributed by atoms with van der Waals surface area (Å²) in [5.41, 5.74) is 0. The summed E-state index contributed by atoms with van der Waals surface area (Å²) in [6.45, 7) is 3.88. The number of nitrogens with zero attached hydrogens (tertiary/aromatic N) is 1. The first-order valence-corrected chi connectivity index (χ1v) is 5.78. The van der Waals surface area contributed by atoms with Crippen LogP contribution in [0, 0.1) is 5.92 Å². The van der Waals surface area contributed by atoms with Crippen LogP contribution in [0.5, 0.6) is 0 Å². The largest absolute Gasteiger partial charge is 0.314 e. The molecule has 1 N–H and O–H groups in total. The molecular weight excluding hydrogens is 160 g/mol. The van der Waals surface area contributed by atoms with Crippen LogP contribution in [-0.4, -0.2) is 37.6 Å². The second-order valence-electron chi connectivity index (χ2n) is 4.70. The summed E-state index contributed by atoms with van der Waals surface area (Å²) in [5, 5.41) is 3.69. The molecule has 2 aliphatic heterocycles. The van der Waals surface area contributed by atoms with Crippen molar-refractivity contribution < 1.29 is 0 Å². The lowest BCUT2D eigenvalue weighted by atomic mass is 9.85. The van der Waals surface area contributed by atoms with Crippen molar-refractivity contribution in [2.75, 3.05) is 26.7 Å². The van der Waals surface area contributed by atoms with Crippen LogP contribution in [0.15, 0.2) is 0 Å². The fraction of sp³-hybridized carbons (Fsp3) is 1.00. The Kier molecular flexibility index (Phi) is 3.23. The van der Waals surface area contributed by atoms with Gasteiger partial charge in [-0.05, 0) is 58.3 Å². The molecule has 2 fully saturated rings. The summed E-state index contributed by atoms with van der Waals surface area (Å²) >= 11 is 0. The number of rotatable bonds is 1. The zero-order valence-electron chi connectivity index (χ0n) is 8.76. The molecule has 2 nitrogen and oxygen atoms in total. The molecule has 13 heavy (non-hydrogen) atoms. The van der Waals surface area contributed by atoms with Crippen LogP contribution in [0.1, 0.15) is 32.1 Å². The maximum Gasteiger partial charge on any atom is 0.00962 e. The standard InChI is InChI=1S/C11H22N2/c1-13-8-5-10(6-9-13)11-4-2-3-7-12-11/h10-12H,2-9H2,1H3/t11-/m0/s1. The zero-order valence-corrected chi connectivity index (χ0v) is 8.76. The van der Waals surface area contributed by atoms with Gasteiger partial charge in [-0.2, -0.15) is 0 Å². The van der Waals surface area contributed by atoms with Crippen molar-refractivity contribution in [2.24, 2.45) is 5.92 Å². The number of hydrogen-bond donors (Lipinski definition) is 1. The van der Waals surface area contributed by atoms with E-state index in [9.17, 15) is 0 Å². The third-order valence-electron chi connectivity index (χ3n) is 3.68. The predicted octanol–water partition coefficient (Wildman–Crippen LogP) is 1.47. The van der Waals surface area contributed by atoms with Crippen molar-refractivity contribution in [3.05, 3.63) is 0 Å². The van der Waals surface area contributed by atoms with E-state index in [0.717, 1.165) is 12.0 Å². The van der Waals surface area contributed by atoms with Gasteiger partial charge in [0, 0.05) is 6.04 Å². The van der Waals surface area contributed by atoms with E-state index in [2.05, 4.69) is 17.3 Å². The summed E-state index contributed by atoms with van der Waals surface area (Å²) in [6, 6.07) is 0.849. The third-order valence-corrected chi connectivity index (χ3v) is 3.68. The van der Waals surface area contributed by atoms with Crippen molar-refractivity contribution in [1.82, 2.24) is 10.2 Å². The average molecular weight is 182 g/mol. The van der Waals surface area contributed by atoms with E-state index in [0.29, 0.717) is 0 Å². The van der Waals surface area contributed by atoms with Crippen molar-refractivity contribution in [3.63, 3.8) is 0 Å². The summed E-state index contributed by atoms with van der Waals surface area (Å²) in [6.07, 6.45) is 7.09. The van der Waals surface area contributed by atoms with Gasteiger partial charge < -0.3 is 10.2 Å². The van der Waals surface area contributed by atoms with Gasteiger partial charge >= 0.3 is 0 Å². The fourth-order valence-electron chi connectivity index (χ4n) is 2.71. The summed E-state index contributed by atoms with van der Waals surface area (Å²) < 4.78 is 0. The van der Waals surface area contributed by atoms with E-state index < -0.39 is 0 Å². The number of piperidine rings is 2. The van der Waals surface area contributed by atoms with Gasteiger partial charge in [0.1, 0.15) is 0 Å². The Bertz CT molecular complexity index is 144. The molecule has 2 saturated heterocycles. The van der Waals surface area contributed by atoms with Crippen LogP contribution in [0.25, 0.3) is 0 Å². The van der Waals surface area contributed by atoms with Crippen molar-refractivity contribution in [3.8, 4) is 0 Å². The molecule has 0 aromatic heterocycles. The smallest absolute Gasteiger partial charge is 0.00962 e. The number of hydrogen-bond acceptors (Lipinski definition) is 2. The minimum absolute atomic E-state index is 0.849. The quantitative estimate of drug-likeness (QED) is 0.660. The van der Waals surface area contributed by atoms with Gasteiger partial charge in [0.15, 0.2) is 0 Å². The van der Waals surface area contributed by atoms with E-state index in [1.807, 2.05) is 0 Å². The van der Waals surface area contributed by atoms with Crippen molar-refractivity contribution >= 4 is 0 Å². The minimum Gasteiger partial charge on any atom is -0.314 e. The number of likely N-dealkylation sites (tertiary alicyclic amines) is 1. The molecule has 0 saturated carbocycles. The van der Waals surface area contributed by atoms with E-state index in [1.54, 1.807) is 0 Å². The molecule has 0 aromatic carbocycles. The summed E-state index contributed by atoms with van der Waals surface area (Å²) in [7, 11) is 2.24. The lowest BCUT2D eigenvalue weighted by Gasteiger charge is -2.36. The SMILES string of the molecule is CN1CCC([C@@H]2CCCCN2)CC1. The van der Waals surface area contributed by atoms with Crippen LogP contribution in [0.3, 0.4) is 0 Å². The molecule has 0 unspecified atom stereocenters. The minimum atomic E-state index is 0.849. The Labute approximate surface area is 81.7 Å². The molecule has 1 atom stereocenters. The van der Waals surface area contributed by atoms with Gasteiger partial charge in [-0.1, -0.05) is 6.42 Å². The second-order valence-corrected chi connectivity index (χ2v) is 4.70. The van der Waals surface area contributed by atoms with Crippen LogP contribution in [-0.2, 0) is 0 Å². The van der Waals surface area contributed by atoms with Crippen molar-refractivity contribution in [2.45, 2.75) is 38.1 Å². The molecule has 2 heterocycles. The lowest BCUT2D eigenvalue weighted by Crippen LogP contribution is -2.44. The molecule has 0 aliphatic carbocycles. The molecule has 0 spiro atoms. The molecule has 2 rings (SSSR count). The molecule has 0 amide bonds. The van der Waals surface area contributed by atoms with E-state index in [1.165, 1.54) is 51.7 Å². The van der Waals surface area contributed by atoms with E-state index in [4.69, 9.17) is 0 Å². The van der Waals surface area contributed by atoms with Crippen LogP contribution in [0.4, 0.5) is 0 Å². The lowest BCUT2D eigenvalue weighted by molar-refractivity contribution is 0.170. The highest BCUT2D eigenvalue weighted by molar-refractivity contribution is 4.83. The van der Waals surface area contributed by atoms with Gasteiger partial charge in [0.2, 0.25) is 0 Å². The van der Waals surface area contributed by atoms with Gasteiger partial charge in [-0.15, -0.1) is 0 Å². The predicted molar refractivity (Wildman–Crippen MR) is 55.9 cm³/mol. The van der Waals surface area contributed by atoms with Crippen LogP contribution in [0.2, 0.25) is 0 Å². The Morgan fingerprint density at radius 3 is 2.46 bits per heavy atom. The summed E-state index contributed by atoms with van der Waals surface area (Å²) in [5.74, 6) is 0.969. The maximum atomic E-state index is 3.69. The first-order chi connectivity index (χ1) is 6.36. The molecule has 0 bridgehead atoms. The van der Waals surface area contributed by atoms with Crippen molar-refractivity contribution in [1.29, 1.82) is 0 Å². The first kappa shape index (κ1) is 9.47. The second kappa shape index (κ2) is 4.43.